The van der Waals surface area contributed by atoms with Gasteiger partial charge in [-0.25, -0.2) is 9.37 Å². The molecule has 32 heavy (non-hydrogen) atoms. The van der Waals surface area contributed by atoms with Gasteiger partial charge in [-0.15, -0.1) is 10.2 Å². The summed E-state index contributed by atoms with van der Waals surface area (Å²) in [6, 6.07) is 6.55. The number of aromatic nitrogens is 5. The minimum absolute atomic E-state index is 0.174. The molecule has 10 heteroatoms. The molecule has 1 aliphatic heterocycles. The molecule has 1 aliphatic rings. The maximum atomic E-state index is 14.4. The van der Waals surface area contributed by atoms with Gasteiger partial charge < -0.3 is 15.0 Å². The van der Waals surface area contributed by atoms with E-state index in [9.17, 15) is 9.18 Å². The number of carbonyl (C=O) groups excluding carboxylic acids is 1. The summed E-state index contributed by atoms with van der Waals surface area (Å²) >= 11 is 0. The summed E-state index contributed by atoms with van der Waals surface area (Å²) in [5.74, 6) is 0.755. The fraction of sp³-hybridized carbons (Fsp3) is 0.227. The Morgan fingerprint density at radius 2 is 2.09 bits per heavy atom. The summed E-state index contributed by atoms with van der Waals surface area (Å²) in [5, 5.41) is 11.4. The Bertz CT molecular complexity index is 1320. The van der Waals surface area contributed by atoms with E-state index in [1.54, 1.807) is 55.4 Å². The highest BCUT2D eigenvalue weighted by atomic mass is 19.1. The minimum Gasteiger partial charge on any atom is -0.493 e. The van der Waals surface area contributed by atoms with Gasteiger partial charge in [-0.05, 0) is 18.2 Å². The molecular weight excluding hydrogens is 413 g/mol. The van der Waals surface area contributed by atoms with Crippen molar-refractivity contribution < 1.29 is 13.9 Å². The van der Waals surface area contributed by atoms with E-state index < -0.39 is 0 Å². The average Bonchev–Trinajstić information content (AvgIpc) is 3.48. The third-order valence-electron chi connectivity index (χ3n) is 5.40. The van der Waals surface area contributed by atoms with E-state index in [-0.39, 0.29) is 18.3 Å². The van der Waals surface area contributed by atoms with Crippen LogP contribution in [-0.2, 0) is 13.0 Å². The van der Waals surface area contributed by atoms with Crippen molar-refractivity contribution in [1.29, 1.82) is 0 Å². The number of nitrogens with one attached hydrogen (secondary N) is 1. The van der Waals surface area contributed by atoms with Gasteiger partial charge in [0.15, 0.2) is 5.65 Å². The molecule has 162 valence electrons. The van der Waals surface area contributed by atoms with Gasteiger partial charge in [0.2, 0.25) is 5.95 Å². The molecule has 0 unspecified atom stereocenters. The van der Waals surface area contributed by atoms with Gasteiger partial charge in [-0.1, -0.05) is 6.07 Å². The maximum Gasteiger partial charge on any atom is 0.271 e. The molecule has 4 aromatic rings. The zero-order valence-corrected chi connectivity index (χ0v) is 17.5. The van der Waals surface area contributed by atoms with Gasteiger partial charge in [0.25, 0.3) is 5.91 Å². The van der Waals surface area contributed by atoms with E-state index in [2.05, 4.69) is 25.5 Å². The number of ether oxygens (including phenoxy) is 1. The van der Waals surface area contributed by atoms with Crippen LogP contribution in [0.15, 0.2) is 43.0 Å². The molecule has 9 nitrogen and oxygen atoms in total. The third-order valence-corrected chi connectivity index (χ3v) is 5.40. The monoisotopic (exact) mass is 433 g/mol. The second kappa shape index (κ2) is 7.88. The highest BCUT2D eigenvalue weighted by Gasteiger charge is 2.20. The Kier molecular flexibility index (Phi) is 4.89. The van der Waals surface area contributed by atoms with Gasteiger partial charge >= 0.3 is 0 Å². The predicted octanol–water partition coefficient (Wildman–Crippen LogP) is 2.57. The molecule has 0 bridgehead atoms. The van der Waals surface area contributed by atoms with Crippen LogP contribution < -0.4 is 10.1 Å². The lowest BCUT2D eigenvalue weighted by atomic mass is 10.0. The van der Waals surface area contributed by atoms with Gasteiger partial charge in [0.1, 0.15) is 23.6 Å². The number of hydrogen-bond donors (Lipinski definition) is 1. The fourth-order valence-corrected chi connectivity index (χ4v) is 3.74. The van der Waals surface area contributed by atoms with Crippen LogP contribution in [0, 0.1) is 5.82 Å². The Hall–Kier alpha value is -4.08. The number of fused-ring (bicyclic) bond motifs is 2. The number of hydrogen-bond acceptors (Lipinski definition) is 7. The van der Waals surface area contributed by atoms with Crippen molar-refractivity contribution in [2.75, 3.05) is 26.0 Å². The van der Waals surface area contributed by atoms with Crippen LogP contribution in [0.3, 0.4) is 0 Å². The van der Waals surface area contributed by atoms with Crippen molar-refractivity contribution in [2.24, 2.45) is 0 Å². The summed E-state index contributed by atoms with van der Waals surface area (Å²) in [4.78, 5) is 22.3. The molecule has 4 heterocycles. The molecule has 0 radical (unpaired) electrons. The van der Waals surface area contributed by atoms with E-state index in [0.29, 0.717) is 41.4 Å². The summed E-state index contributed by atoms with van der Waals surface area (Å²) in [6.07, 6.45) is 5.49. The summed E-state index contributed by atoms with van der Waals surface area (Å²) < 4.78 is 21.7. The van der Waals surface area contributed by atoms with Crippen LogP contribution >= 0.6 is 0 Å². The van der Waals surface area contributed by atoms with Crippen molar-refractivity contribution in [3.05, 3.63) is 65.6 Å². The Morgan fingerprint density at radius 1 is 1.22 bits per heavy atom. The lowest BCUT2D eigenvalue weighted by molar-refractivity contribution is 0.0822. The SMILES string of the molecule is CN(C)C(=O)c1ccc(-c2cnc(NCc3c(F)ccc4c3CCO4)n3cnnc23)cn1. The van der Waals surface area contributed by atoms with E-state index in [1.807, 2.05) is 0 Å². The third kappa shape index (κ3) is 3.39. The zero-order chi connectivity index (χ0) is 22.2. The molecule has 3 aromatic heterocycles. The summed E-state index contributed by atoms with van der Waals surface area (Å²) in [6.45, 7) is 0.808. The number of rotatable bonds is 5. The number of benzene rings is 1. The fourth-order valence-electron chi connectivity index (χ4n) is 3.74. The molecule has 1 amide bonds. The smallest absolute Gasteiger partial charge is 0.271 e. The van der Waals surface area contributed by atoms with Crippen LogP contribution in [-0.4, -0.2) is 56.1 Å². The van der Waals surface area contributed by atoms with Crippen molar-refractivity contribution in [3.8, 4) is 16.9 Å². The van der Waals surface area contributed by atoms with Crippen LogP contribution in [0.5, 0.6) is 5.75 Å². The number of halogens is 1. The molecule has 0 atom stereocenters. The first-order chi connectivity index (χ1) is 15.5. The topological polar surface area (TPSA) is 97.5 Å². The summed E-state index contributed by atoms with van der Waals surface area (Å²) in [5.41, 5.74) is 3.83. The molecule has 5 rings (SSSR count). The minimum atomic E-state index is -0.281. The lowest BCUT2D eigenvalue weighted by Crippen LogP contribution is -2.22. The number of carbonyl (C=O) groups is 1. The maximum absolute atomic E-state index is 14.4. The van der Waals surface area contributed by atoms with E-state index in [4.69, 9.17) is 4.74 Å². The molecule has 1 aromatic carbocycles. The molecule has 0 fully saturated rings. The first-order valence-corrected chi connectivity index (χ1v) is 10.1. The van der Waals surface area contributed by atoms with E-state index in [0.717, 1.165) is 16.9 Å². The summed E-state index contributed by atoms with van der Waals surface area (Å²) in [7, 11) is 3.35. The molecule has 0 saturated carbocycles. The molecule has 0 aliphatic carbocycles. The standard InChI is InChI=1S/C22H20FN7O2/c1-29(2)21(31)18-5-3-13(9-24-18)15-10-25-22(30-12-27-28-20(15)30)26-11-16-14-7-8-32-19(14)6-4-17(16)23/h3-6,9-10,12H,7-8,11H2,1-2H3,(H,25,26). The Balaban J connectivity index is 1.44. The average molecular weight is 433 g/mol. The zero-order valence-electron chi connectivity index (χ0n) is 17.5. The van der Waals surface area contributed by atoms with Crippen LogP contribution in [0.1, 0.15) is 21.6 Å². The number of nitrogens with zero attached hydrogens (tertiary/aromatic N) is 6. The Labute approximate surface area is 182 Å². The first-order valence-electron chi connectivity index (χ1n) is 10.1. The van der Waals surface area contributed by atoms with Crippen molar-refractivity contribution in [2.45, 2.75) is 13.0 Å². The normalized spacial score (nSPS) is 12.5. The highest BCUT2D eigenvalue weighted by molar-refractivity contribution is 5.92. The van der Waals surface area contributed by atoms with Gasteiger partial charge in [-0.3, -0.25) is 14.2 Å². The Morgan fingerprint density at radius 3 is 2.88 bits per heavy atom. The van der Waals surface area contributed by atoms with Gasteiger partial charge in [0.05, 0.1) is 6.61 Å². The van der Waals surface area contributed by atoms with E-state index >= 15 is 0 Å². The second-order valence-electron chi connectivity index (χ2n) is 7.61. The van der Waals surface area contributed by atoms with E-state index in [1.165, 1.54) is 11.0 Å². The van der Waals surface area contributed by atoms with Crippen LogP contribution in [0.4, 0.5) is 10.3 Å². The number of pyridine rings is 1. The predicted molar refractivity (Wildman–Crippen MR) is 115 cm³/mol. The van der Waals surface area contributed by atoms with Gasteiger partial charge in [0, 0.05) is 61.7 Å². The van der Waals surface area contributed by atoms with Crippen LogP contribution in [0.25, 0.3) is 16.8 Å². The quantitative estimate of drug-likeness (QED) is 0.517. The van der Waals surface area contributed by atoms with Crippen molar-refractivity contribution in [3.63, 3.8) is 0 Å². The van der Waals surface area contributed by atoms with Gasteiger partial charge in [-0.2, -0.15) is 0 Å². The first kappa shape index (κ1) is 19.9. The number of amides is 1. The molecule has 0 spiro atoms. The molecule has 1 N–H and O–H groups in total. The second-order valence-corrected chi connectivity index (χ2v) is 7.61. The number of anilines is 1. The highest BCUT2D eigenvalue weighted by Crippen LogP contribution is 2.31. The van der Waals surface area contributed by atoms with Crippen molar-refractivity contribution >= 4 is 17.5 Å². The molecular formula is C22H20FN7O2. The molecule has 0 saturated heterocycles. The largest absolute Gasteiger partial charge is 0.493 e. The lowest BCUT2D eigenvalue weighted by Gasteiger charge is -2.13. The van der Waals surface area contributed by atoms with Crippen molar-refractivity contribution in [1.82, 2.24) is 29.5 Å². The van der Waals surface area contributed by atoms with Crippen LogP contribution in [0.2, 0.25) is 0 Å².